The molecule has 3 rings (SSSR count). The molecule has 0 aliphatic carbocycles. The third-order valence-electron chi connectivity index (χ3n) is 6.03. The molecule has 0 spiro atoms. The van der Waals surface area contributed by atoms with Gasteiger partial charge in [0.1, 0.15) is 5.54 Å². The number of piperidine rings is 1. The van der Waals surface area contributed by atoms with E-state index in [4.69, 9.17) is 4.74 Å². The molecule has 0 saturated carbocycles. The lowest BCUT2D eigenvalue weighted by Gasteiger charge is -2.41. The zero-order valence-electron chi connectivity index (χ0n) is 18.3. The van der Waals surface area contributed by atoms with Crippen molar-refractivity contribution in [2.75, 3.05) is 31.6 Å². The molecule has 6 nitrogen and oxygen atoms in total. The van der Waals surface area contributed by atoms with Crippen LogP contribution in [-0.2, 0) is 23.0 Å². The average molecular weight is 412 g/mol. The quantitative estimate of drug-likeness (QED) is 0.504. The maximum absolute atomic E-state index is 13.0. The number of carbonyl (C=O) groups is 2. The number of hydrogen-bond acceptors (Lipinski definition) is 5. The van der Waals surface area contributed by atoms with E-state index in [2.05, 4.69) is 40.2 Å². The number of esters is 1. The lowest BCUT2D eigenvalue weighted by Crippen LogP contribution is -2.55. The highest BCUT2D eigenvalue weighted by Crippen LogP contribution is 2.31. The topological polar surface area (TPSA) is 63.6 Å². The van der Waals surface area contributed by atoms with Crippen LogP contribution in [0.5, 0.6) is 0 Å². The van der Waals surface area contributed by atoms with Gasteiger partial charge in [0.05, 0.1) is 6.61 Å². The van der Waals surface area contributed by atoms with Gasteiger partial charge in [-0.05, 0) is 44.0 Å². The summed E-state index contributed by atoms with van der Waals surface area (Å²) in [5.41, 5.74) is 1.86. The zero-order valence-corrected chi connectivity index (χ0v) is 18.3. The van der Waals surface area contributed by atoms with Gasteiger partial charge in [0.15, 0.2) is 5.78 Å². The second kappa shape index (κ2) is 9.94. The number of aryl methyl sites for hydroxylation is 1. The maximum atomic E-state index is 13.0. The van der Waals surface area contributed by atoms with E-state index in [-0.39, 0.29) is 11.8 Å². The van der Waals surface area contributed by atoms with Crippen LogP contribution in [0.4, 0.5) is 5.69 Å². The van der Waals surface area contributed by atoms with Gasteiger partial charge in [0.2, 0.25) is 0 Å². The molecule has 1 saturated heterocycles. The first-order chi connectivity index (χ1) is 14.5. The summed E-state index contributed by atoms with van der Waals surface area (Å²) in [4.78, 5) is 27.8. The molecular formula is C24H33N3O3. The Labute approximate surface area is 179 Å². The number of ether oxygens (including phenoxy) is 1. The second-order valence-electron chi connectivity index (χ2n) is 7.95. The van der Waals surface area contributed by atoms with Crippen molar-refractivity contribution >= 4 is 17.4 Å². The minimum atomic E-state index is -0.804. The fourth-order valence-electron chi connectivity index (χ4n) is 4.12. The average Bonchev–Trinajstić information content (AvgIpc) is 3.18. The third-order valence-corrected chi connectivity index (χ3v) is 6.03. The van der Waals surface area contributed by atoms with E-state index in [0.29, 0.717) is 31.4 Å². The van der Waals surface area contributed by atoms with E-state index in [1.54, 1.807) is 0 Å². The van der Waals surface area contributed by atoms with Crippen molar-refractivity contribution in [1.29, 1.82) is 0 Å². The Kier molecular flexibility index (Phi) is 7.32. The van der Waals surface area contributed by atoms with Gasteiger partial charge in [0, 0.05) is 62.7 Å². The highest BCUT2D eigenvalue weighted by atomic mass is 16.5. The molecule has 0 atom stereocenters. The summed E-state index contributed by atoms with van der Waals surface area (Å²) in [7, 11) is 2.07. The summed E-state index contributed by atoms with van der Waals surface area (Å²) in [6.45, 7) is 6.59. The van der Waals surface area contributed by atoms with E-state index in [0.717, 1.165) is 31.7 Å². The smallest absolute Gasteiger partial charge is 0.331 e. The van der Waals surface area contributed by atoms with Gasteiger partial charge in [-0.15, -0.1) is 0 Å². The number of hydrogen-bond donors (Lipinski definition) is 1. The molecule has 1 aromatic heterocycles. The molecule has 0 radical (unpaired) electrons. The zero-order chi connectivity index (χ0) is 21.6. The predicted molar refractivity (Wildman–Crippen MR) is 119 cm³/mol. The molecule has 2 heterocycles. The molecule has 30 heavy (non-hydrogen) atoms. The molecule has 1 N–H and O–H groups in total. The van der Waals surface area contributed by atoms with E-state index in [9.17, 15) is 9.59 Å². The van der Waals surface area contributed by atoms with Crippen molar-refractivity contribution in [1.82, 2.24) is 9.47 Å². The van der Waals surface area contributed by atoms with Gasteiger partial charge in [-0.1, -0.05) is 19.1 Å². The van der Waals surface area contributed by atoms with Crippen LogP contribution in [0.3, 0.4) is 0 Å². The van der Waals surface area contributed by atoms with E-state index in [1.165, 1.54) is 5.69 Å². The number of Topliss-reactive ketones (excluding diaryl/α,β-unsaturated/α-hetero) is 1. The van der Waals surface area contributed by atoms with Gasteiger partial charge in [-0.3, -0.25) is 4.79 Å². The van der Waals surface area contributed by atoms with Gasteiger partial charge in [-0.25, -0.2) is 4.79 Å². The number of benzene rings is 1. The molecule has 1 aliphatic heterocycles. The Bertz CT molecular complexity index is 866. The number of carbonyl (C=O) groups excluding carboxylic acids is 2. The number of likely N-dealkylation sites (tertiary alicyclic amines) is 1. The van der Waals surface area contributed by atoms with Crippen LogP contribution < -0.4 is 5.32 Å². The Hall–Kier alpha value is -2.60. The first-order valence-corrected chi connectivity index (χ1v) is 10.9. The molecule has 1 aliphatic rings. The normalized spacial score (nSPS) is 16.2. The first-order valence-electron chi connectivity index (χ1n) is 10.9. The monoisotopic (exact) mass is 411 g/mol. The first kappa shape index (κ1) is 22.1. The second-order valence-corrected chi connectivity index (χ2v) is 7.95. The van der Waals surface area contributed by atoms with Crippen molar-refractivity contribution in [2.24, 2.45) is 7.05 Å². The van der Waals surface area contributed by atoms with Gasteiger partial charge >= 0.3 is 5.97 Å². The number of ketones is 1. The Morgan fingerprint density at radius 3 is 2.47 bits per heavy atom. The highest BCUT2D eigenvalue weighted by Gasteiger charge is 2.43. The maximum Gasteiger partial charge on any atom is 0.331 e. The fraction of sp³-hybridized carbons (Fsp3) is 0.500. The molecule has 6 heteroatoms. The molecule has 2 aromatic rings. The van der Waals surface area contributed by atoms with Crippen molar-refractivity contribution in [3.05, 3.63) is 53.9 Å². The summed E-state index contributed by atoms with van der Waals surface area (Å²) in [5, 5.41) is 3.44. The Balaban J connectivity index is 1.72. The van der Waals surface area contributed by atoms with Crippen LogP contribution in [0, 0.1) is 0 Å². The van der Waals surface area contributed by atoms with Crippen LogP contribution in [0.25, 0.3) is 0 Å². The number of para-hydroxylation sites is 1. The standard InChI is InChI=1S/C24H33N3O3/c1-4-22(28)20-10-6-7-11-21(20)25-24(23(29)30-5-2)13-17-27(18-14-24)16-12-19-9-8-15-26(19)3/h6-11,15,25H,4-5,12-14,16-18H2,1-3H3. The molecule has 1 fully saturated rings. The SMILES string of the molecule is CCOC(=O)C1(Nc2ccccc2C(=O)CC)CCN(CCc2cccn2C)CC1. The number of nitrogens with one attached hydrogen (secondary N) is 1. The highest BCUT2D eigenvalue weighted by molar-refractivity contribution is 6.01. The largest absolute Gasteiger partial charge is 0.464 e. The predicted octanol–water partition coefficient (Wildman–Crippen LogP) is 3.67. The number of aromatic nitrogens is 1. The molecule has 0 amide bonds. The van der Waals surface area contributed by atoms with Crippen molar-refractivity contribution in [2.45, 2.75) is 45.1 Å². The summed E-state index contributed by atoms with van der Waals surface area (Å²) in [6.07, 6.45) is 4.77. The molecule has 162 valence electrons. The number of anilines is 1. The van der Waals surface area contributed by atoms with Crippen LogP contribution in [0.1, 0.15) is 49.2 Å². The minimum absolute atomic E-state index is 0.0668. The van der Waals surface area contributed by atoms with Gasteiger partial charge < -0.3 is 19.5 Å². The summed E-state index contributed by atoms with van der Waals surface area (Å²) in [5.74, 6) is -0.164. The van der Waals surface area contributed by atoms with Gasteiger partial charge in [0.25, 0.3) is 0 Å². The van der Waals surface area contributed by atoms with E-state index < -0.39 is 5.54 Å². The molecular weight excluding hydrogens is 378 g/mol. The molecule has 1 aromatic carbocycles. The molecule has 0 bridgehead atoms. The number of rotatable bonds is 9. The van der Waals surface area contributed by atoms with Crippen molar-refractivity contribution < 1.29 is 14.3 Å². The lowest BCUT2D eigenvalue weighted by atomic mass is 9.86. The van der Waals surface area contributed by atoms with Crippen molar-refractivity contribution in [3.63, 3.8) is 0 Å². The van der Waals surface area contributed by atoms with Crippen LogP contribution in [-0.4, -0.2) is 53.0 Å². The van der Waals surface area contributed by atoms with Crippen LogP contribution in [0.15, 0.2) is 42.6 Å². The van der Waals surface area contributed by atoms with Crippen molar-refractivity contribution in [3.8, 4) is 0 Å². The number of nitrogens with zero attached hydrogens (tertiary/aromatic N) is 2. The van der Waals surface area contributed by atoms with Crippen LogP contribution >= 0.6 is 0 Å². The minimum Gasteiger partial charge on any atom is -0.464 e. The summed E-state index contributed by atoms with van der Waals surface area (Å²) < 4.78 is 7.59. The van der Waals surface area contributed by atoms with E-state index in [1.807, 2.05) is 38.1 Å². The van der Waals surface area contributed by atoms with Gasteiger partial charge in [-0.2, -0.15) is 0 Å². The van der Waals surface area contributed by atoms with E-state index >= 15 is 0 Å². The summed E-state index contributed by atoms with van der Waals surface area (Å²) >= 11 is 0. The third kappa shape index (κ3) is 4.93. The Morgan fingerprint density at radius 2 is 1.83 bits per heavy atom. The fourth-order valence-corrected chi connectivity index (χ4v) is 4.12. The lowest BCUT2D eigenvalue weighted by molar-refractivity contribution is -0.150. The summed E-state index contributed by atoms with van der Waals surface area (Å²) in [6, 6.07) is 11.7. The Morgan fingerprint density at radius 1 is 1.10 bits per heavy atom. The van der Waals surface area contributed by atoms with Crippen LogP contribution in [0.2, 0.25) is 0 Å². The molecule has 0 unspecified atom stereocenters.